The largest absolute Gasteiger partial charge is 0.330 e. The highest BCUT2D eigenvalue weighted by atomic mass is 35.5. The Morgan fingerprint density at radius 3 is 3.06 bits per heavy atom. The number of hydrogen-bond acceptors (Lipinski definition) is 2. The number of halogens is 1. The van der Waals surface area contributed by atoms with Gasteiger partial charge in [0.2, 0.25) is 0 Å². The van der Waals surface area contributed by atoms with Gasteiger partial charge in [-0.25, -0.2) is 4.98 Å². The number of imidazole rings is 1. The lowest BCUT2D eigenvalue weighted by atomic mass is 10.0. The van der Waals surface area contributed by atoms with Gasteiger partial charge in [0, 0.05) is 19.5 Å². The Balaban J connectivity index is 1.92. The fourth-order valence-corrected chi connectivity index (χ4v) is 3.07. The van der Waals surface area contributed by atoms with Crippen LogP contribution in [0.1, 0.15) is 25.1 Å². The van der Waals surface area contributed by atoms with E-state index in [1.165, 1.54) is 19.3 Å². The van der Waals surface area contributed by atoms with Crippen LogP contribution in [0.2, 0.25) is 5.02 Å². The molecule has 1 N–H and O–H groups in total. The number of nitrogens with zero attached hydrogens (tertiary/aromatic N) is 2. The van der Waals surface area contributed by atoms with Crippen molar-refractivity contribution in [1.82, 2.24) is 14.9 Å². The summed E-state index contributed by atoms with van der Waals surface area (Å²) in [5.74, 6) is 1.12. The Morgan fingerprint density at radius 1 is 1.44 bits per heavy atom. The molecule has 1 aliphatic rings. The molecule has 1 atom stereocenters. The lowest BCUT2D eigenvalue weighted by Gasteiger charge is -2.23. The van der Waals surface area contributed by atoms with Gasteiger partial charge in [0.1, 0.15) is 5.82 Å². The second-order valence-electron chi connectivity index (χ2n) is 5.05. The highest BCUT2D eigenvalue weighted by Crippen LogP contribution is 2.24. The van der Waals surface area contributed by atoms with Crippen molar-refractivity contribution in [3.63, 3.8) is 0 Å². The minimum Gasteiger partial charge on any atom is -0.330 e. The molecule has 1 aromatic heterocycles. The van der Waals surface area contributed by atoms with Gasteiger partial charge >= 0.3 is 0 Å². The van der Waals surface area contributed by atoms with E-state index in [1.807, 2.05) is 18.2 Å². The molecule has 1 fully saturated rings. The molecule has 1 aromatic carbocycles. The van der Waals surface area contributed by atoms with Gasteiger partial charge in [0.05, 0.1) is 16.1 Å². The number of benzene rings is 1. The number of hydrogen-bond donors (Lipinski definition) is 1. The molecule has 3 nitrogen and oxygen atoms in total. The van der Waals surface area contributed by atoms with E-state index < -0.39 is 0 Å². The van der Waals surface area contributed by atoms with Crippen molar-refractivity contribution in [2.45, 2.75) is 31.7 Å². The Kier molecular flexibility index (Phi) is 3.27. The maximum atomic E-state index is 6.24. The van der Waals surface area contributed by atoms with Crippen LogP contribution in [-0.4, -0.2) is 22.1 Å². The van der Waals surface area contributed by atoms with Crippen LogP contribution in [-0.2, 0) is 13.5 Å². The van der Waals surface area contributed by atoms with Crippen LogP contribution in [0.4, 0.5) is 0 Å². The molecule has 0 spiro atoms. The summed E-state index contributed by atoms with van der Waals surface area (Å²) in [5.41, 5.74) is 2.04. The van der Waals surface area contributed by atoms with E-state index in [4.69, 9.17) is 16.6 Å². The number of rotatable bonds is 2. The molecular formula is C14H18ClN3. The molecule has 18 heavy (non-hydrogen) atoms. The van der Waals surface area contributed by atoms with Gasteiger partial charge in [-0.2, -0.15) is 0 Å². The molecule has 1 unspecified atom stereocenters. The molecule has 2 heterocycles. The zero-order valence-corrected chi connectivity index (χ0v) is 11.4. The zero-order chi connectivity index (χ0) is 12.5. The van der Waals surface area contributed by atoms with Crippen LogP contribution in [0, 0.1) is 0 Å². The molecule has 1 aliphatic heterocycles. The van der Waals surface area contributed by atoms with Crippen molar-refractivity contribution >= 4 is 22.6 Å². The number of piperidine rings is 1. The maximum Gasteiger partial charge on any atom is 0.111 e. The van der Waals surface area contributed by atoms with E-state index in [2.05, 4.69) is 16.9 Å². The fraction of sp³-hybridized carbons (Fsp3) is 0.500. The number of aromatic nitrogens is 2. The molecule has 4 heteroatoms. The van der Waals surface area contributed by atoms with Gasteiger partial charge < -0.3 is 9.88 Å². The Labute approximate surface area is 112 Å². The van der Waals surface area contributed by atoms with Gasteiger partial charge in [-0.05, 0) is 31.5 Å². The fourth-order valence-electron chi connectivity index (χ4n) is 2.77. The van der Waals surface area contributed by atoms with E-state index in [9.17, 15) is 0 Å². The minimum absolute atomic E-state index is 0.563. The lowest BCUT2D eigenvalue weighted by Crippen LogP contribution is -2.36. The summed E-state index contributed by atoms with van der Waals surface area (Å²) in [5, 5.41) is 4.35. The normalized spacial score (nSPS) is 20.4. The second-order valence-corrected chi connectivity index (χ2v) is 5.45. The van der Waals surface area contributed by atoms with Gasteiger partial charge in [-0.3, -0.25) is 0 Å². The molecule has 0 amide bonds. The highest BCUT2D eigenvalue weighted by molar-refractivity contribution is 6.35. The van der Waals surface area contributed by atoms with Crippen LogP contribution < -0.4 is 5.32 Å². The van der Waals surface area contributed by atoms with Gasteiger partial charge in [-0.1, -0.05) is 24.1 Å². The average Bonchev–Trinajstić information content (AvgIpc) is 2.69. The summed E-state index contributed by atoms with van der Waals surface area (Å²) >= 11 is 6.24. The average molecular weight is 264 g/mol. The molecular weight excluding hydrogens is 246 g/mol. The molecule has 0 radical (unpaired) electrons. The first-order chi connectivity index (χ1) is 8.75. The van der Waals surface area contributed by atoms with E-state index in [0.29, 0.717) is 6.04 Å². The second kappa shape index (κ2) is 4.90. The number of para-hydroxylation sites is 1. The summed E-state index contributed by atoms with van der Waals surface area (Å²) in [6.07, 6.45) is 4.85. The van der Waals surface area contributed by atoms with E-state index in [1.54, 1.807) is 0 Å². The third-order valence-electron chi connectivity index (χ3n) is 3.78. The maximum absolute atomic E-state index is 6.24. The smallest absolute Gasteiger partial charge is 0.111 e. The highest BCUT2D eigenvalue weighted by Gasteiger charge is 2.17. The predicted octanol–water partition coefficient (Wildman–Crippen LogP) is 2.91. The van der Waals surface area contributed by atoms with Gasteiger partial charge in [0.15, 0.2) is 0 Å². The number of aryl methyl sites for hydroxylation is 1. The summed E-state index contributed by atoms with van der Waals surface area (Å²) in [4.78, 5) is 4.71. The first-order valence-corrected chi connectivity index (χ1v) is 6.96. The lowest BCUT2D eigenvalue weighted by molar-refractivity contribution is 0.392. The molecule has 3 rings (SSSR count). The van der Waals surface area contributed by atoms with Crippen molar-refractivity contribution < 1.29 is 0 Å². The molecule has 96 valence electrons. The summed E-state index contributed by atoms with van der Waals surface area (Å²) in [6, 6.07) is 6.47. The van der Waals surface area contributed by atoms with Gasteiger partial charge in [-0.15, -0.1) is 0 Å². The molecule has 0 aliphatic carbocycles. The third-order valence-corrected chi connectivity index (χ3v) is 4.08. The Bertz CT molecular complexity index is 555. The molecule has 0 saturated carbocycles. The minimum atomic E-state index is 0.563. The standard InChI is InChI=1S/C14H18ClN3/c1-18-13(9-10-5-2-3-8-16-10)17-12-7-4-6-11(15)14(12)18/h4,6-7,10,16H,2-3,5,8-9H2,1H3. The summed E-state index contributed by atoms with van der Waals surface area (Å²) < 4.78 is 2.13. The zero-order valence-electron chi connectivity index (χ0n) is 10.6. The summed E-state index contributed by atoms with van der Waals surface area (Å²) in [6.45, 7) is 1.13. The predicted molar refractivity (Wildman–Crippen MR) is 75.1 cm³/mol. The molecule has 1 saturated heterocycles. The van der Waals surface area contributed by atoms with Crippen molar-refractivity contribution in [2.75, 3.05) is 6.54 Å². The molecule has 2 aromatic rings. The monoisotopic (exact) mass is 263 g/mol. The number of fused-ring (bicyclic) bond motifs is 1. The van der Waals surface area contributed by atoms with Crippen molar-refractivity contribution in [3.05, 3.63) is 29.0 Å². The Hall–Kier alpha value is -1.06. The quantitative estimate of drug-likeness (QED) is 0.903. The van der Waals surface area contributed by atoms with Crippen LogP contribution in [0.25, 0.3) is 11.0 Å². The first kappa shape index (κ1) is 12.0. The number of nitrogens with one attached hydrogen (secondary N) is 1. The van der Waals surface area contributed by atoms with E-state index >= 15 is 0 Å². The van der Waals surface area contributed by atoms with Gasteiger partial charge in [0.25, 0.3) is 0 Å². The molecule has 0 bridgehead atoms. The van der Waals surface area contributed by atoms with Crippen LogP contribution >= 0.6 is 11.6 Å². The van der Waals surface area contributed by atoms with E-state index in [0.717, 1.165) is 34.8 Å². The SMILES string of the molecule is Cn1c(CC2CCCCN2)nc2cccc(Cl)c21. The van der Waals surface area contributed by atoms with E-state index in [-0.39, 0.29) is 0 Å². The van der Waals surface area contributed by atoms with Crippen molar-refractivity contribution in [3.8, 4) is 0 Å². The Morgan fingerprint density at radius 2 is 2.33 bits per heavy atom. The summed E-state index contributed by atoms with van der Waals surface area (Å²) in [7, 11) is 2.05. The first-order valence-electron chi connectivity index (χ1n) is 6.59. The van der Waals surface area contributed by atoms with Crippen LogP contribution in [0.3, 0.4) is 0 Å². The topological polar surface area (TPSA) is 29.9 Å². The van der Waals surface area contributed by atoms with Crippen molar-refractivity contribution in [2.24, 2.45) is 7.05 Å². The third kappa shape index (κ3) is 2.13. The van der Waals surface area contributed by atoms with Crippen molar-refractivity contribution in [1.29, 1.82) is 0 Å². The van der Waals surface area contributed by atoms with Crippen LogP contribution in [0.5, 0.6) is 0 Å². The van der Waals surface area contributed by atoms with Crippen LogP contribution in [0.15, 0.2) is 18.2 Å².